The molecule has 6 heteroatoms. The first-order valence-electron chi connectivity index (χ1n) is 9.84. The molecule has 2 fully saturated rings. The lowest BCUT2D eigenvalue weighted by Gasteiger charge is -2.27. The molecule has 2 aliphatic rings. The summed E-state index contributed by atoms with van der Waals surface area (Å²) in [6.07, 6.45) is 4.79. The molecule has 1 amide bonds. The third-order valence-electron chi connectivity index (χ3n) is 5.73. The second kappa shape index (κ2) is 7.53. The highest BCUT2D eigenvalue weighted by Crippen LogP contribution is 2.41. The molecule has 0 saturated carbocycles. The topological polar surface area (TPSA) is 45.7 Å². The van der Waals surface area contributed by atoms with Crippen molar-refractivity contribution in [3.63, 3.8) is 0 Å². The van der Waals surface area contributed by atoms with Crippen LogP contribution in [0.4, 0.5) is 5.69 Å². The number of rotatable bonds is 3. The zero-order valence-electron chi connectivity index (χ0n) is 15.7. The van der Waals surface area contributed by atoms with Gasteiger partial charge in [-0.05, 0) is 35.6 Å². The first-order valence-corrected chi connectivity index (χ1v) is 10.7. The lowest BCUT2D eigenvalue weighted by molar-refractivity contribution is 0.0305. The van der Waals surface area contributed by atoms with Crippen molar-refractivity contribution < 1.29 is 9.53 Å². The van der Waals surface area contributed by atoms with E-state index in [1.165, 1.54) is 15.6 Å². The van der Waals surface area contributed by atoms with Crippen molar-refractivity contribution >= 4 is 33.0 Å². The molecule has 2 aromatic heterocycles. The fourth-order valence-electron chi connectivity index (χ4n) is 4.31. The van der Waals surface area contributed by atoms with E-state index in [9.17, 15) is 4.79 Å². The van der Waals surface area contributed by atoms with Crippen LogP contribution in [0, 0.1) is 0 Å². The van der Waals surface area contributed by atoms with E-state index < -0.39 is 0 Å². The molecule has 4 heterocycles. The van der Waals surface area contributed by atoms with Crippen LogP contribution in [0.2, 0.25) is 0 Å². The van der Waals surface area contributed by atoms with E-state index in [-0.39, 0.29) is 5.91 Å². The van der Waals surface area contributed by atoms with Gasteiger partial charge in [-0.2, -0.15) is 0 Å². The van der Waals surface area contributed by atoms with Gasteiger partial charge in [0.15, 0.2) is 0 Å². The minimum absolute atomic E-state index is 0.166. The molecule has 0 aliphatic carbocycles. The Hall–Kier alpha value is -2.44. The number of pyridine rings is 1. The van der Waals surface area contributed by atoms with Crippen LogP contribution in [0.25, 0.3) is 10.1 Å². The Morgan fingerprint density at radius 1 is 1.11 bits per heavy atom. The molecule has 5 rings (SSSR count). The molecule has 28 heavy (non-hydrogen) atoms. The number of hydrogen-bond donors (Lipinski definition) is 0. The highest BCUT2D eigenvalue weighted by molar-refractivity contribution is 7.21. The van der Waals surface area contributed by atoms with Gasteiger partial charge in [-0.3, -0.25) is 9.78 Å². The third-order valence-corrected chi connectivity index (χ3v) is 6.91. The summed E-state index contributed by atoms with van der Waals surface area (Å²) in [5.41, 5.74) is 2.40. The van der Waals surface area contributed by atoms with Crippen LogP contribution in [0.15, 0.2) is 48.8 Å². The second-order valence-electron chi connectivity index (χ2n) is 7.39. The second-order valence-corrected chi connectivity index (χ2v) is 8.44. The van der Waals surface area contributed by atoms with Crippen molar-refractivity contribution in [2.45, 2.75) is 12.3 Å². The van der Waals surface area contributed by atoms with E-state index in [1.54, 1.807) is 11.3 Å². The van der Waals surface area contributed by atoms with E-state index in [0.29, 0.717) is 32.2 Å². The summed E-state index contributed by atoms with van der Waals surface area (Å²) in [5.74, 6) is 0.524. The molecule has 144 valence electrons. The fourth-order valence-corrected chi connectivity index (χ4v) is 5.57. The predicted octanol–water partition coefficient (Wildman–Crippen LogP) is 3.76. The summed E-state index contributed by atoms with van der Waals surface area (Å²) < 4.78 is 6.64. The standard InChI is InChI=1S/C22H23N3O2S/c26-22(24-10-12-27-13-11-24)21-20(18-5-1-2-6-19(18)28-21)16-7-9-25(15-16)17-4-3-8-23-14-17/h1-6,8,14,16H,7,9-13,15H2. The molecule has 1 unspecified atom stereocenters. The summed E-state index contributed by atoms with van der Waals surface area (Å²) in [7, 11) is 0. The van der Waals surface area contributed by atoms with Crippen molar-refractivity contribution in [1.82, 2.24) is 9.88 Å². The van der Waals surface area contributed by atoms with E-state index in [0.717, 1.165) is 30.1 Å². The zero-order chi connectivity index (χ0) is 18.9. The monoisotopic (exact) mass is 393 g/mol. The number of amides is 1. The van der Waals surface area contributed by atoms with Crippen LogP contribution in [-0.4, -0.2) is 55.2 Å². The van der Waals surface area contributed by atoms with Gasteiger partial charge in [-0.25, -0.2) is 0 Å². The number of nitrogens with zero attached hydrogens (tertiary/aromatic N) is 3. The van der Waals surface area contributed by atoms with Crippen molar-refractivity contribution in [1.29, 1.82) is 0 Å². The van der Waals surface area contributed by atoms with Gasteiger partial charge in [-0.15, -0.1) is 11.3 Å². The number of benzene rings is 1. The molecule has 0 N–H and O–H groups in total. The quantitative estimate of drug-likeness (QED) is 0.680. The Kier molecular flexibility index (Phi) is 4.74. The van der Waals surface area contributed by atoms with Crippen LogP contribution >= 0.6 is 11.3 Å². The van der Waals surface area contributed by atoms with E-state index >= 15 is 0 Å². The fraction of sp³-hybridized carbons (Fsp3) is 0.364. The van der Waals surface area contributed by atoms with Crippen molar-refractivity contribution in [3.8, 4) is 0 Å². The summed E-state index contributed by atoms with van der Waals surface area (Å²) in [6, 6.07) is 12.5. The molecule has 0 spiro atoms. The minimum Gasteiger partial charge on any atom is -0.378 e. The zero-order valence-corrected chi connectivity index (χ0v) is 16.5. The Morgan fingerprint density at radius 3 is 2.79 bits per heavy atom. The van der Waals surface area contributed by atoms with Gasteiger partial charge < -0.3 is 14.5 Å². The molecular weight excluding hydrogens is 370 g/mol. The maximum atomic E-state index is 13.4. The predicted molar refractivity (Wildman–Crippen MR) is 112 cm³/mol. The van der Waals surface area contributed by atoms with Gasteiger partial charge in [0.05, 0.1) is 30.0 Å². The summed E-state index contributed by atoms with van der Waals surface area (Å²) in [5, 5.41) is 1.24. The smallest absolute Gasteiger partial charge is 0.264 e. The lowest BCUT2D eigenvalue weighted by atomic mass is 9.94. The third kappa shape index (κ3) is 3.16. The van der Waals surface area contributed by atoms with Crippen LogP contribution in [0.1, 0.15) is 27.6 Å². The number of carbonyl (C=O) groups excluding carboxylic acids is 1. The maximum absolute atomic E-state index is 13.4. The molecule has 0 radical (unpaired) electrons. The number of fused-ring (bicyclic) bond motifs is 1. The Morgan fingerprint density at radius 2 is 1.96 bits per heavy atom. The SMILES string of the molecule is O=C(c1sc2ccccc2c1C1CCN(c2cccnc2)C1)N1CCOCC1. The molecule has 1 aromatic carbocycles. The summed E-state index contributed by atoms with van der Waals surface area (Å²) in [6.45, 7) is 4.54. The molecule has 3 aromatic rings. The highest BCUT2D eigenvalue weighted by Gasteiger charge is 2.32. The Labute approximate surface area is 168 Å². The van der Waals surface area contributed by atoms with Gasteiger partial charge in [0, 0.05) is 43.0 Å². The molecule has 2 aliphatic heterocycles. The maximum Gasteiger partial charge on any atom is 0.264 e. The molecular formula is C22H23N3O2S. The average molecular weight is 394 g/mol. The van der Waals surface area contributed by atoms with Gasteiger partial charge >= 0.3 is 0 Å². The highest BCUT2D eigenvalue weighted by atomic mass is 32.1. The number of morpholine rings is 1. The normalized spacial score (nSPS) is 20.1. The minimum atomic E-state index is 0.166. The summed E-state index contributed by atoms with van der Waals surface area (Å²) in [4.78, 5) is 22.9. The van der Waals surface area contributed by atoms with Crippen molar-refractivity contribution in [2.75, 3.05) is 44.3 Å². The molecule has 2 saturated heterocycles. The number of aromatic nitrogens is 1. The van der Waals surface area contributed by atoms with E-state index in [1.807, 2.05) is 23.4 Å². The van der Waals surface area contributed by atoms with E-state index in [2.05, 4.69) is 40.2 Å². The first kappa shape index (κ1) is 17.6. The Balaban J connectivity index is 1.50. The van der Waals surface area contributed by atoms with Gasteiger partial charge in [0.25, 0.3) is 5.91 Å². The van der Waals surface area contributed by atoms with Crippen molar-refractivity contribution in [2.24, 2.45) is 0 Å². The van der Waals surface area contributed by atoms with E-state index in [4.69, 9.17) is 4.74 Å². The largest absolute Gasteiger partial charge is 0.378 e. The van der Waals surface area contributed by atoms with Crippen LogP contribution < -0.4 is 4.90 Å². The number of carbonyl (C=O) groups is 1. The first-order chi connectivity index (χ1) is 13.8. The van der Waals surface area contributed by atoms with Crippen LogP contribution in [0.5, 0.6) is 0 Å². The van der Waals surface area contributed by atoms with Crippen LogP contribution in [0.3, 0.4) is 0 Å². The van der Waals surface area contributed by atoms with Crippen molar-refractivity contribution in [3.05, 3.63) is 59.2 Å². The number of hydrogen-bond acceptors (Lipinski definition) is 5. The number of anilines is 1. The number of thiophene rings is 1. The van der Waals surface area contributed by atoms with Gasteiger partial charge in [-0.1, -0.05) is 18.2 Å². The summed E-state index contributed by atoms with van der Waals surface area (Å²) >= 11 is 1.65. The Bertz CT molecular complexity index is 982. The number of ether oxygens (including phenoxy) is 1. The van der Waals surface area contributed by atoms with Gasteiger partial charge in [0.1, 0.15) is 0 Å². The lowest BCUT2D eigenvalue weighted by Crippen LogP contribution is -2.40. The molecule has 5 nitrogen and oxygen atoms in total. The molecule has 0 bridgehead atoms. The molecule has 1 atom stereocenters. The average Bonchev–Trinajstić information content (AvgIpc) is 3.39. The van der Waals surface area contributed by atoms with Crippen LogP contribution in [-0.2, 0) is 4.74 Å². The van der Waals surface area contributed by atoms with Gasteiger partial charge in [0.2, 0.25) is 0 Å².